The number of nitrogens with zero attached hydrogens (tertiary/aromatic N) is 1. The summed E-state index contributed by atoms with van der Waals surface area (Å²) >= 11 is 12.4. The Labute approximate surface area is 111 Å². The van der Waals surface area contributed by atoms with Crippen LogP contribution in [0.3, 0.4) is 0 Å². The number of hydrogen-bond acceptors (Lipinski definition) is 2. The minimum Gasteiger partial charge on any atom is -0.309 e. The maximum Gasteiger partial charge on any atom is 0.0619 e. The fourth-order valence-corrected chi connectivity index (χ4v) is 2.43. The summed E-state index contributed by atoms with van der Waals surface area (Å²) in [6, 6.07) is 9.35. The first-order valence-electron chi connectivity index (χ1n) is 5.25. The molecule has 0 aliphatic carbocycles. The van der Waals surface area contributed by atoms with Crippen LogP contribution in [-0.2, 0) is 0 Å². The van der Waals surface area contributed by atoms with Crippen LogP contribution in [0, 0.1) is 0 Å². The maximum absolute atomic E-state index is 6.21. The molecule has 1 heterocycles. The summed E-state index contributed by atoms with van der Waals surface area (Å²) in [6.45, 7) is 0. The van der Waals surface area contributed by atoms with E-state index in [4.69, 9.17) is 23.2 Å². The number of halogens is 2. The van der Waals surface area contributed by atoms with Crippen LogP contribution in [0.25, 0.3) is 0 Å². The third-order valence-electron chi connectivity index (χ3n) is 2.59. The highest BCUT2D eigenvalue weighted by Crippen LogP contribution is 2.33. The number of hydrogen-bond donors (Lipinski definition) is 1. The van der Waals surface area contributed by atoms with E-state index in [9.17, 15) is 0 Å². The van der Waals surface area contributed by atoms with Gasteiger partial charge in [-0.15, -0.1) is 0 Å². The van der Waals surface area contributed by atoms with Crippen LogP contribution in [0.2, 0.25) is 10.0 Å². The van der Waals surface area contributed by atoms with Gasteiger partial charge >= 0.3 is 0 Å². The summed E-state index contributed by atoms with van der Waals surface area (Å²) in [6.07, 6.45) is 3.55. The van der Waals surface area contributed by atoms with Crippen molar-refractivity contribution in [2.45, 2.75) is 6.04 Å². The molecule has 88 valence electrons. The first kappa shape index (κ1) is 12.4. The van der Waals surface area contributed by atoms with Gasteiger partial charge in [-0.1, -0.05) is 35.3 Å². The smallest absolute Gasteiger partial charge is 0.0619 e. The normalized spacial score (nSPS) is 12.4. The first-order chi connectivity index (χ1) is 8.24. The van der Waals surface area contributed by atoms with Crippen molar-refractivity contribution in [3.8, 4) is 0 Å². The average Bonchev–Trinajstić information content (AvgIpc) is 2.35. The molecule has 0 aliphatic rings. The zero-order chi connectivity index (χ0) is 12.3. The van der Waals surface area contributed by atoms with Crippen LogP contribution in [0.4, 0.5) is 0 Å². The fraction of sp³-hybridized carbons (Fsp3) is 0.154. The number of benzene rings is 1. The van der Waals surface area contributed by atoms with Gasteiger partial charge in [-0.2, -0.15) is 0 Å². The molecule has 2 rings (SSSR count). The summed E-state index contributed by atoms with van der Waals surface area (Å²) in [7, 11) is 1.87. The van der Waals surface area contributed by atoms with Crippen LogP contribution < -0.4 is 5.32 Å². The summed E-state index contributed by atoms with van der Waals surface area (Å²) in [5.74, 6) is 0. The molecule has 0 radical (unpaired) electrons. The van der Waals surface area contributed by atoms with E-state index in [1.165, 1.54) is 0 Å². The highest BCUT2D eigenvalue weighted by atomic mass is 35.5. The molecule has 0 fully saturated rings. The zero-order valence-electron chi connectivity index (χ0n) is 9.32. The lowest BCUT2D eigenvalue weighted by atomic mass is 10.0. The van der Waals surface area contributed by atoms with Crippen molar-refractivity contribution in [2.75, 3.05) is 7.05 Å². The molecule has 1 unspecified atom stereocenters. The molecule has 1 N–H and O–H groups in total. The Bertz CT molecular complexity index is 480. The Hall–Kier alpha value is -1.09. The molecule has 0 saturated carbocycles. The Morgan fingerprint density at radius 1 is 1.12 bits per heavy atom. The highest BCUT2D eigenvalue weighted by molar-refractivity contribution is 6.36. The summed E-state index contributed by atoms with van der Waals surface area (Å²) < 4.78 is 0. The van der Waals surface area contributed by atoms with Crippen LogP contribution in [0.1, 0.15) is 17.2 Å². The van der Waals surface area contributed by atoms with Gasteiger partial charge in [-0.3, -0.25) is 4.98 Å². The minimum absolute atomic E-state index is 0.0510. The third-order valence-corrected chi connectivity index (χ3v) is 3.25. The summed E-state index contributed by atoms with van der Waals surface area (Å²) in [5, 5.41) is 4.51. The SMILES string of the molecule is CNC(c1cccnc1)c1c(Cl)cccc1Cl. The summed E-state index contributed by atoms with van der Waals surface area (Å²) in [5.41, 5.74) is 1.91. The second-order valence-corrected chi connectivity index (χ2v) is 4.46. The van der Waals surface area contributed by atoms with Crippen LogP contribution >= 0.6 is 23.2 Å². The molecule has 2 nitrogen and oxygen atoms in total. The fourth-order valence-electron chi connectivity index (χ4n) is 1.81. The number of rotatable bonds is 3. The second-order valence-electron chi connectivity index (χ2n) is 3.64. The lowest BCUT2D eigenvalue weighted by molar-refractivity contribution is 0.689. The van der Waals surface area contributed by atoms with Gasteiger partial charge in [0.15, 0.2) is 0 Å². The lowest BCUT2D eigenvalue weighted by Crippen LogP contribution is -2.18. The molecule has 0 bridgehead atoms. The van der Waals surface area contributed by atoms with Gasteiger partial charge in [0.25, 0.3) is 0 Å². The molecule has 1 atom stereocenters. The van der Waals surface area contributed by atoms with E-state index in [0.29, 0.717) is 10.0 Å². The van der Waals surface area contributed by atoms with E-state index < -0.39 is 0 Å². The Kier molecular flexibility index (Phi) is 4.00. The Morgan fingerprint density at radius 2 is 1.82 bits per heavy atom. The molecular formula is C13H12Cl2N2. The zero-order valence-corrected chi connectivity index (χ0v) is 10.8. The van der Waals surface area contributed by atoms with Gasteiger partial charge in [0, 0.05) is 28.0 Å². The molecule has 0 saturated heterocycles. The number of nitrogens with one attached hydrogen (secondary N) is 1. The van der Waals surface area contributed by atoms with E-state index >= 15 is 0 Å². The number of pyridine rings is 1. The predicted octanol–water partition coefficient (Wildman–Crippen LogP) is 3.70. The molecule has 0 spiro atoms. The van der Waals surface area contributed by atoms with E-state index in [1.807, 2.05) is 37.4 Å². The molecular weight excluding hydrogens is 255 g/mol. The van der Waals surface area contributed by atoms with E-state index in [1.54, 1.807) is 12.4 Å². The van der Waals surface area contributed by atoms with Crippen molar-refractivity contribution in [3.05, 3.63) is 63.9 Å². The topological polar surface area (TPSA) is 24.9 Å². The second kappa shape index (κ2) is 5.50. The van der Waals surface area contributed by atoms with Gasteiger partial charge in [-0.05, 0) is 30.8 Å². The molecule has 17 heavy (non-hydrogen) atoms. The van der Waals surface area contributed by atoms with Crippen molar-refractivity contribution in [1.29, 1.82) is 0 Å². The van der Waals surface area contributed by atoms with E-state index in [-0.39, 0.29) is 6.04 Å². The Morgan fingerprint density at radius 3 is 2.35 bits per heavy atom. The minimum atomic E-state index is -0.0510. The third kappa shape index (κ3) is 2.60. The average molecular weight is 267 g/mol. The Balaban J connectivity index is 2.50. The molecule has 4 heteroatoms. The molecule has 1 aromatic carbocycles. The van der Waals surface area contributed by atoms with Crippen molar-refractivity contribution >= 4 is 23.2 Å². The van der Waals surface area contributed by atoms with Crippen LogP contribution in [-0.4, -0.2) is 12.0 Å². The van der Waals surface area contributed by atoms with Gasteiger partial charge in [0.2, 0.25) is 0 Å². The van der Waals surface area contributed by atoms with Crippen LogP contribution in [0.15, 0.2) is 42.7 Å². The van der Waals surface area contributed by atoms with Crippen molar-refractivity contribution in [1.82, 2.24) is 10.3 Å². The van der Waals surface area contributed by atoms with Crippen molar-refractivity contribution < 1.29 is 0 Å². The largest absolute Gasteiger partial charge is 0.309 e. The lowest BCUT2D eigenvalue weighted by Gasteiger charge is -2.19. The molecule has 2 aromatic rings. The quantitative estimate of drug-likeness (QED) is 0.917. The molecule has 0 aliphatic heterocycles. The standard InChI is InChI=1S/C13H12Cl2N2/c1-16-13(9-4-3-7-17-8-9)12-10(14)5-2-6-11(12)15/h2-8,13,16H,1H3. The van der Waals surface area contributed by atoms with E-state index in [2.05, 4.69) is 10.3 Å². The van der Waals surface area contributed by atoms with Crippen molar-refractivity contribution in [2.24, 2.45) is 0 Å². The maximum atomic E-state index is 6.21. The van der Waals surface area contributed by atoms with Crippen molar-refractivity contribution in [3.63, 3.8) is 0 Å². The first-order valence-corrected chi connectivity index (χ1v) is 6.00. The van der Waals surface area contributed by atoms with E-state index in [0.717, 1.165) is 11.1 Å². The molecule has 1 aromatic heterocycles. The van der Waals surface area contributed by atoms with Gasteiger partial charge < -0.3 is 5.32 Å². The molecule has 0 amide bonds. The summed E-state index contributed by atoms with van der Waals surface area (Å²) in [4.78, 5) is 4.11. The van der Waals surface area contributed by atoms with Gasteiger partial charge in [-0.25, -0.2) is 0 Å². The van der Waals surface area contributed by atoms with Gasteiger partial charge in [0.05, 0.1) is 6.04 Å². The monoisotopic (exact) mass is 266 g/mol. The number of aromatic nitrogens is 1. The predicted molar refractivity (Wildman–Crippen MR) is 71.6 cm³/mol. The highest BCUT2D eigenvalue weighted by Gasteiger charge is 2.18. The van der Waals surface area contributed by atoms with Gasteiger partial charge in [0.1, 0.15) is 0 Å². The van der Waals surface area contributed by atoms with Crippen LogP contribution in [0.5, 0.6) is 0 Å².